The summed E-state index contributed by atoms with van der Waals surface area (Å²) in [7, 11) is -3.77. The molecule has 0 aliphatic carbocycles. The van der Waals surface area contributed by atoms with E-state index >= 15 is 0 Å². The van der Waals surface area contributed by atoms with Gasteiger partial charge in [0.15, 0.2) is 0 Å². The number of nitrogens with two attached hydrogens (primary N) is 1. The van der Waals surface area contributed by atoms with Crippen LogP contribution in [0.15, 0.2) is 45.8 Å². The fourth-order valence-corrected chi connectivity index (χ4v) is 3.35. The van der Waals surface area contributed by atoms with Gasteiger partial charge in [-0.05, 0) is 48.9 Å². The lowest BCUT2D eigenvalue weighted by Crippen LogP contribution is -2.14. The monoisotopic (exact) mass is 374 g/mol. The van der Waals surface area contributed by atoms with Gasteiger partial charge in [0.25, 0.3) is 10.0 Å². The Morgan fingerprint density at radius 2 is 1.90 bits per heavy atom. The van der Waals surface area contributed by atoms with Gasteiger partial charge < -0.3 is 5.73 Å². The smallest absolute Gasteiger partial charge is 0.263 e. The first-order valence-electron chi connectivity index (χ1n) is 5.63. The molecule has 7 heteroatoms. The Kier molecular flexibility index (Phi) is 4.27. The second-order valence-corrected chi connectivity index (χ2v) is 7.19. The van der Waals surface area contributed by atoms with E-state index in [9.17, 15) is 8.42 Å². The highest BCUT2D eigenvalue weighted by atomic mass is 79.9. The summed E-state index contributed by atoms with van der Waals surface area (Å²) in [4.78, 5) is -0.0365. The zero-order valence-corrected chi connectivity index (χ0v) is 13.7. The first kappa shape index (κ1) is 15.2. The lowest BCUT2D eigenvalue weighted by atomic mass is 10.2. The van der Waals surface area contributed by atoms with Gasteiger partial charge >= 0.3 is 0 Å². The summed E-state index contributed by atoms with van der Waals surface area (Å²) in [6.45, 7) is 1.87. The van der Waals surface area contributed by atoms with Crippen LogP contribution in [0.1, 0.15) is 5.56 Å². The highest BCUT2D eigenvalue weighted by molar-refractivity contribution is 9.10. The van der Waals surface area contributed by atoms with Crippen LogP contribution in [0.3, 0.4) is 0 Å². The number of nitrogens with one attached hydrogen (secondary N) is 1. The van der Waals surface area contributed by atoms with Gasteiger partial charge in [-0.3, -0.25) is 4.72 Å². The van der Waals surface area contributed by atoms with Crippen molar-refractivity contribution in [2.24, 2.45) is 0 Å². The largest absolute Gasteiger partial charge is 0.398 e. The van der Waals surface area contributed by atoms with E-state index in [2.05, 4.69) is 20.7 Å². The van der Waals surface area contributed by atoms with Crippen LogP contribution in [-0.4, -0.2) is 8.42 Å². The first-order chi connectivity index (χ1) is 9.29. The molecule has 0 amide bonds. The van der Waals surface area contributed by atoms with E-state index in [1.165, 1.54) is 12.1 Å². The Morgan fingerprint density at radius 3 is 2.55 bits per heavy atom. The van der Waals surface area contributed by atoms with E-state index in [0.29, 0.717) is 10.7 Å². The Balaban J connectivity index is 2.40. The van der Waals surface area contributed by atoms with Gasteiger partial charge in [0.2, 0.25) is 0 Å². The van der Waals surface area contributed by atoms with Gasteiger partial charge in [0.1, 0.15) is 4.90 Å². The first-order valence-corrected chi connectivity index (χ1v) is 8.29. The molecule has 2 aromatic rings. The third-order valence-electron chi connectivity index (χ3n) is 2.68. The molecule has 0 atom stereocenters. The third kappa shape index (κ3) is 3.26. The van der Waals surface area contributed by atoms with E-state index in [4.69, 9.17) is 17.3 Å². The summed E-state index contributed by atoms with van der Waals surface area (Å²) in [6, 6.07) is 9.49. The molecule has 0 spiro atoms. The Labute approximate surface area is 131 Å². The lowest BCUT2D eigenvalue weighted by molar-refractivity contribution is 0.601. The van der Waals surface area contributed by atoms with Crippen molar-refractivity contribution in [1.29, 1.82) is 0 Å². The van der Waals surface area contributed by atoms with Crippen LogP contribution in [0.5, 0.6) is 0 Å². The van der Waals surface area contributed by atoms with Crippen LogP contribution in [-0.2, 0) is 10.0 Å². The molecule has 0 unspecified atom stereocenters. The zero-order chi connectivity index (χ0) is 14.9. The number of sulfonamides is 1. The maximum Gasteiger partial charge on any atom is 0.263 e. The lowest BCUT2D eigenvalue weighted by Gasteiger charge is -2.11. The van der Waals surface area contributed by atoms with Crippen molar-refractivity contribution >= 4 is 48.9 Å². The van der Waals surface area contributed by atoms with Crippen molar-refractivity contribution in [3.8, 4) is 0 Å². The minimum atomic E-state index is -3.77. The van der Waals surface area contributed by atoms with Gasteiger partial charge in [0.05, 0.1) is 5.69 Å². The molecular formula is C13H12BrClN2O2S. The number of nitrogen functional groups attached to an aromatic ring is 1. The number of anilines is 2. The second kappa shape index (κ2) is 5.63. The molecule has 0 saturated carbocycles. The van der Waals surface area contributed by atoms with Crippen molar-refractivity contribution < 1.29 is 8.42 Å². The fraction of sp³-hybridized carbons (Fsp3) is 0.0769. The summed E-state index contributed by atoms with van der Waals surface area (Å²) in [6.07, 6.45) is 0. The molecule has 0 aromatic heterocycles. The Bertz CT molecular complexity index is 763. The molecule has 0 fully saturated rings. The van der Waals surface area contributed by atoms with Crippen LogP contribution in [0, 0.1) is 6.92 Å². The molecule has 0 saturated heterocycles. The molecule has 106 valence electrons. The summed E-state index contributed by atoms with van der Waals surface area (Å²) >= 11 is 9.18. The van der Waals surface area contributed by atoms with Crippen molar-refractivity contribution in [1.82, 2.24) is 0 Å². The molecule has 20 heavy (non-hydrogen) atoms. The minimum absolute atomic E-state index is 0.0365. The normalized spacial score (nSPS) is 11.3. The highest BCUT2D eigenvalue weighted by Gasteiger charge is 2.18. The van der Waals surface area contributed by atoms with Crippen molar-refractivity contribution in [2.45, 2.75) is 11.8 Å². The second-order valence-electron chi connectivity index (χ2n) is 4.25. The number of benzene rings is 2. The average molecular weight is 376 g/mol. The van der Waals surface area contributed by atoms with Gasteiger partial charge in [0, 0.05) is 15.2 Å². The van der Waals surface area contributed by atoms with E-state index < -0.39 is 10.0 Å². The van der Waals surface area contributed by atoms with Gasteiger partial charge in [-0.1, -0.05) is 27.5 Å². The zero-order valence-electron chi connectivity index (χ0n) is 10.5. The number of hydrogen-bond acceptors (Lipinski definition) is 3. The van der Waals surface area contributed by atoms with Crippen LogP contribution >= 0.6 is 27.5 Å². The maximum absolute atomic E-state index is 12.3. The highest BCUT2D eigenvalue weighted by Crippen LogP contribution is 2.26. The molecule has 2 aromatic carbocycles. The molecule has 4 nitrogen and oxygen atoms in total. The fourth-order valence-electron chi connectivity index (χ4n) is 1.66. The summed E-state index contributed by atoms with van der Waals surface area (Å²) in [5, 5.41) is 0.312. The van der Waals surface area contributed by atoms with E-state index in [0.717, 1.165) is 10.0 Å². The number of hydrogen-bond donors (Lipinski definition) is 2. The summed E-state index contributed by atoms with van der Waals surface area (Å²) in [5.74, 6) is 0. The van der Waals surface area contributed by atoms with E-state index in [1.54, 1.807) is 24.3 Å². The Morgan fingerprint density at radius 1 is 1.20 bits per heavy atom. The van der Waals surface area contributed by atoms with Gasteiger partial charge in [-0.15, -0.1) is 0 Å². The van der Waals surface area contributed by atoms with Crippen LogP contribution in [0.25, 0.3) is 0 Å². The van der Waals surface area contributed by atoms with Crippen LogP contribution in [0.4, 0.5) is 11.4 Å². The number of rotatable bonds is 3. The van der Waals surface area contributed by atoms with Crippen molar-refractivity contribution in [3.05, 3.63) is 51.5 Å². The quantitative estimate of drug-likeness (QED) is 0.802. The van der Waals surface area contributed by atoms with Gasteiger partial charge in [-0.25, -0.2) is 8.42 Å². The van der Waals surface area contributed by atoms with E-state index in [1.807, 2.05) is 6.92 Å². The molecule has 0 bridgehead atoms. The molecule has 0 heterocycles. The predicted molar refractivity (Wildman–Crippen MR) is 85.6 cm³/mol. The van der Waals surface area contributed by atoms with Crippen molar-refractivity contribution in [2.75, 3.05) is 10.5 Å². The molecule has 0 radical (unpaired) electrons. The minimum Gasteiger partial charge on any atom is -0.398 e. The molecule has 0 aliphatic rings. The molecule has 3 N–H and O–H groups in total. The average Bonchev–Trinajstić information content (AvgIpc) is 2.36. The van der Waals surface area contributed by atoms with Crippen molar-refractivity contribution in [3.63, 3.8) is 0 Å². The predicted octanol–water partition coefficient (Wildman–Crippen LogP) is 3.79. The Hall–Kier alpha value is -1.24. The molecular weight excluding hydrogens is 364 g/mol. The topological polar surface area (TPSA) is 72.2 Å². The SMILES string of the molecule is Cc1cc(NS(=O)(=O)c2cc(Cl)ccc2N)ccc1Br. The summed E-state index contributed by atoms with van der Waals surface area (Å²) < 4.78 is 28.0. The maximum atomic E-state index is 12.3. The van der Waals surface area contributed by atoms with Crippen LogP contribution in [0.2, 0.25) is 5.02 Å². The summed E-state index contributed by atoms with van der Waals surface area (Å²) in [5.41, 5.74) is 7.23. The number of halogens is 2. The molecule has 0 aliphatic heterocycles. The number of aryl methyl sites for hydroxylation is 1. The third-order valence-corrected chi connectivity index (χ3v) is 5.24. The molecule has 2 rings (SSSR count). The van der Waals surface area contributed by atoms with Gasteiger partial charge in [-0.2, -0.15) is 0 Å². The van der Waals surface area contributed by atoms with E-state index in [-0.39, 0.29) is 10.6 Å². The van der Waals surface area contributed by atoms with Crippen LogP contribution < -0.4 is 10.5 Å². The standard InChI is InChI=1S/C13H12BrClN2O2S/c1-8-6-10(3-4-11(8)14)17-20(18,19)13-7-9(15)2-5-12(13)16/h2-7,17H,16H2,1H3.